The van der Waals surface area contributed by atoms with Gasteiger partial charge in [-0.25, -0.2) is 4.98 Å². The highest BCUT2D eigenvalue weighted by molar-refractivity contribution is 5.90. The van der Waals surface area contributed by atoms with Gasteiger partial charge < -0.3 is 15.0 Å². The topological polar surface area (TPSA) is 50.3 Å². The summed E-state index contributed by atoms with van der Waals surface area (Å²) in [6.45, 7) is 4.54. The normalized spacial score (nSPS) is 16.1. The molecule has 5 heteroatoms. The van der Waals surface area contributed by atoms with E-state index in [9.17, 15) is 0 Å². The van der Waals surface area contributed by atoms with Crippen molar-refractivity contribution in [1.82, 2.24) is 9.97 Å². The van der Waals surface area contributed by atoms with Crippen LogP contribution >= 0.6 is 0 Å². The maximum atomic E-state index is 5.46. The molecule has 1 aliphatic heterocycles. The standard InChI is InChI=1S/C16H22N4O/c1-3-17-16-18-14-7-5-4-6-13(14)15(19-16)20(2)12-8-10-21-11-9-12/h4-7,12H,3,8-11H2,1-2H3,(H,17,18,19). The van der Waals surface area contributed by atoms with Crippen molar-refractivity contribution in [2.45, 2.75) is 25.8 Å². The fourth-order valence-electron chi connectivity index (χ4n) is 2.81. The van der Waals surface area contributed by atoms with E-state index in [0.717, 1.165) is 49.3 Å². The first kappa shape index (κ1) is 14.1. The summed E-state index contributed by atoms with van der Waals surface area (Å²) in [6, 6.07) is 8.67. The average Bonchev–Trinajstić information content (AvgIpc) is 2.54. The van der Waals surface area contributed by atoms with Crippen LogP contribution in [0.5, 0.6) is 0 Å². The van der Waals surface area contributed by atoms with Gasteiger partial charge in [-0.3, -0.25) is 0 Å². The van der Waals surface area contributed by atoms with Gasteiger partial charge in [0, 0.05) is 38.2 Å². The third-order valence-corrected chi connectivity index (χ3v) is 3.99. The van der Waals surface area contributed by atoms with Gasteiger partial charge in [0.25, 0.3) is 0 Å². The highest BCUT2D eigenvalue weighted by Crippen LogP contribution is 2.28. The van der Waals surface area contributed by atoms with E-state index in [2.05, 4.69) is 35.2 Å². The maximum absolute atomic E-state index is 5.46. The van der Waals surface area contributed by atoms with Crippen LogP contribution in [0.2, 0.25) is 0 Å². The lowest BCUT2D eigenvalue weighted by Gasteiger charge is -2.32. The number of rotatable bonds is 4. The average molecular weight is 286 g/mol. The zero-order chi connectivity index (χ0) is 14.7. The molecule has 0 radical (unpaired) electrons. The van der Waals surface area contributed by atoms with Gasteiger partial charge in [-0.2, -0.15) is 4.98 Å². The van der Waals surface area contributed by atoms with Crippen LogP contribution in [-0.2, 0) is 4.74 Å². The molecule has 3 rings (SSSR count). The number of fused-ring (bicyclic) bond motifs is 1. The fraction of sp³-hybridized carbons (Fsp3) is 0.500. The van der Waals surface area contributed by atoms with Gasteiger partial charge in [0.05, 0.1) is 5.52 Å². The van der Waals surface area contributed by atoms with Gasteiger partial charge in [0.15, 0.2) is 0 Å². The lowest BCUT2D eigenvalue weighted by molar-refractivity contribution is 0.0854. The lowest BCUT2D eigenvalue weighted by Crippen LogP contribution is -2.37. The minimum absolute atomic E-state index is 0.478. The summed E-state index contributed by atoms with van der Waals surface area (Å²) in [5, 5.41) is 4.33. The molecule has 1 fully saturated rings. The number of hydrogen-bond donors (Lipinski definition) is 1. The molecule has 0 unspecified atom stereocenters. The van der Waals surface area contributed by atoms with Gasteiger partial charge in [-0.05, 0) is 31.9 Å². The van der Waals surface area contributed by atoms with Crippen molar-refractivity contribution in [2.24, 2.45) is 0 Å². The molecule has 0 amide bonds. The molecule has 0 aliphatic carbocycles. The van der Waals surface area contributed by atoms with Crippen LogP contribution in [0.4, 0.5) is 11.8 Å². The Hall–Kier alpha value is -1.88. The van der Waals surface area contributed by atoms with Crippen molar-refractivity contribution >= 4 is 22.7 Å². The van der Waals surface area contributed by atoms with Gasteiger partial charge in [-0.15, -0.1) is 0 Å². The van der Waals surface area contributed by atoms with E-state index in [-0.39, 0.29) is 0 Å². The molecule has 5 nitrogen and oxygen atoms in total. The predicted molar refractivity (Wildman–Crippen MR) is 85.9 cm³/mol. The molecule has 1 saturated heterocycles. The molecule has 0 spiro atoms. The van der Waals surface area contributed by atoms with Crippen molar-refractivity contribution in [2.75, 3.05) is 37.0 Å². The number of nitrogens with zero attached hydrogens (tertiary/aromatic N) is 3. The number of hydrogen-bond acceptors (Lipinski definition) is 5. The molecular weight excluding hydrogens is 264 g/mol. The fourth-order valence-corrected chi connectivity index (χ4v) is 2.81. The van der Waals surface area contributed by atoms with E-state index in [0.29, 0.717) is 12.0 Å². The second-order valence-electron chi connectivity index (χ2n) is 5.37. The van der Waals surface area contributed by atoms with Crippen LogP contribution in [-0.4, -0.2) is 42.8 Å². The van der Waals surface area contributed by atoms with Crippen molar-refractivity contribution in [1.29, 1.82) is 0 Å². The number of benzene rings is 1. The molecule has 0 bridgehead atoms. The number of anilines is 2. The molecule has 1 aliphatic rings. The van der Waals surface area contributed by atoms with Gasteiger partial charge in [0.2, 0.25) is 5.95 Å². The van der Waals surface area contributed by atoms with E-state index in [4.69, 9.17) is 9.72 Å². The van der Waals surface area contributed by atoms with E-state index in [1.807, 2.05) is 18.2 Å². The van der Waals surface area contributed by atoms with Crippen LogP contribution < -0.4 is 10.2 Å². The SMILES string of the molecule is CCNc1nc(N(C)C2CCOCC2)c2ccccc2n1. The first-order valence-electron chi connectivity index (χ1n) is 7.61. The number of aromatic nitrogens is 2. The third kappa shape index (κ3) is 2.93. The molecule has 0 saturated carbocycles. The van der Waals surface area contributed by atoms with Crippen molar-refractivity contribution in [3.8, 4) is 0 Å². The second kappa shape index (κ2) is 6.26. The molecule has 2 heterocycles. The zero-order valence-electron chi connectivity index (χ0n) is 12.7. The number of nitrogens with one attached hydrogen (secondary N) is 1. The van der Waals surface area contributed by atoms with Gasteiger partial charge in [0.1, 0.15) is 5.82 Å². The van der Waals surface area contributed by atoms with Crippen LogP contribution in [0.15, 0.2) is 24.3 Å². The Labute approximate surface area is 125 Å². The van der Waals surface area contributed by atoms with Crippen molar-refractivity contribution < 1.29 is 4.74 Å². The molecular formula is C16H22N4O. The molecule has 0 atom stereocenters. The Kier molecular flexibility index (Phi) is 4.20. The summed E-state index contributed by atoms with van der Waals surface area (Å²) in [4.78, 5) is 11.6. The van der Waals surface area contributed by atoms with E-state index in [1.54, 1.807) is 0 Å². The van der Waals surface area contributed by atoms with Crippen molar-refractivity contribution in [3.63, 3.8) is 0 Å². The number of para-hydroxylation sites is 1. The minimum Gasteiger partial charge on any atom is -0.381 e. The smallest absolute Gasteiger partial charge is 0.225 e. The Morgan fingerprint density at radius 1 is 1.24 bits per heavy atom. The monoisotopic (exact) mass is 286 g/mol. The van der Waals surface area contributed by atoms with E-state index < -0.39 is 0 Å². The van der Waals surface area contributed by atoms with Crippen LogP contribution in [0, 0.1) is 0 Å². The summed E-state index contributed by atoms with van der Waals surface area (Å²) < 4.78 is 5.46. The minimum atomic E-state index is 0.478. The Morgan fingerprint density at radius 3 is 2.76 bits per heavy atom. The second-order valence-corrected chi connectivity index (χ2v) is 5.37. The summed E-state index contributed by atoms with van der Waals surface area (Å²) in [6.07, 6.45) is 2.09. The Morgan fingerprint density at radius 2 is 2.00 bits per heavy atom. The molecule has 1 aromatic carbocycles. The maximum Gasteiger partial charge on any atom is 0.225 e. The van der Waals surface area contributed by atoms with Crippen LogP contribution in [0.3, 0.4) is 0 Å². The highest BCUT2D eigenvalue weighted by Gasteiger charge is 2.21. The third-order valence-electron chi connectivity index (χ3n) is 3.99. The molecule has 1 N–H and O–H groups in total. The first-order valence-corrected chi connectivity index (χ1v) is 7.61. The highest BCUT2D eigenvalue weighted by atomic mass is 16.5. The summed E-state index contributed by atoms with van der Waals surface area (Å²) >= 11 is 0. The molecule has 2 aromatic rings. The summed E-state index contributed by atoms with van der Waals surface area (Å²) in [5.41, 5.74) is 0.984. The van der Waals surface area contributed by atoms with E-state index >= 15 is 0 Å². The van der Waals surface area contributed by atoms with Crippen LogP contribution in [0.25, 0.3) is 10.9 Å². The Bertz CT molecular complexity index is 610. The molecule has 1 aromatic heterocycles. The quantitative estimate of drug-likeness (QED) is 0.936. The van der Waals surface area contributed by atoms with Crippen LogP contribution in [0.1, 0.15) is 19.8 Å². The summed E-state index contributed by atoms with van der Waals surface area (Å²) in [7, 11) is 2.13. The summed E-state index contributed by atoms with van der Waals surface area (Å²) in [5.74, 6) is 1.70. The largest absolute Gasteiger partial charge is 0.381 e. The lowest BCUT2D eigenvalue weighted by atomic mass is 10.1. The number of ether oxygens (including phenoxy) is 1. The molecule has 112 valence electrons. The predicted octanol–water partition coefficient (Wildman–Crippen LogP) is 2.68. The van der Waals surface area contributed by atoms with Crippen molar-refractivity contribution in [3.05, 3.63) is 24.3 Å². The zero-order valence-corrected chi connectivity index (χ0v) is 12.7. The van der Waals surface area contributed by atoms with E-state index in [1.165, 1.54) is 0 Å². The first-order chi connectivity index (χ1) is 10.3. The molecule has 21 heavy (non-hydrogen) atoms. The Balaban J connectivity index is 2.01. The van der Waals surface area contributed by atoms with Gasteiger partial charge >= 0.3 is 0 Å². The van der Waals surface area contributed by atoms with Gasteiger partial charge in [-0.1, -0.05) is 12.1 Å².